The van der Waals surface area contributed by atoms with E-state index in [-0.39, 0.29) is 0 Å². The maximum atomic E-state index is 4.22. The number of hydrogen-bond donors (Lipinski definition) is 3. The summed E-state index contributed by atoms with van der Waals surface area (Å²) in [6, 6.07) is 6.35. The zero-order valence-corrected chi connectivity index (χ0v) is 11.9. The first kappa shape index (κ1) is 14.0. The minimum Gasteiger partial charge on any atom is -0.345 e. The molecule has 1 aromatic heterocycles. The Hall–Kier alpha value is -1.39. The molecule has 0 saturated carbocycles. The van der Waals surface area contributed by atoms with Crippen LogP contribution in [0.1, 0.15) is 25.8 Å². The number of H-pyrrole nitrogens is 1. The molecule has 4 heteroatoms. The lowest BCUT2D eigenvalue weighted by atomic mass is 10.2. The highest BCUT2D eigenvalue weighted by molar-refractivity contribution is 5.74. The van der Waals surface area contributed by atoms with E-state index in [9.17, 15) is 0 Å². The topological polar surface area (TPSA) is 52.7 Å². The Labute approximate surface area is 115 Å². The van der Waals surface area contributed by atoms with Gasteiger partial charge in [0.05, 0.1) is 17.4 Å². The van der Waals surface area contributed by atoms with Gasteiger partial charge in [-0.15, -0.1) is 0 Å². The molecule has 1 heterocycles. The third-order valence-electron chi connectivity index (χ3n) is 3.07. The fraction of sp³-hybridized carbons (Fsp3) is 0.533. The van der Waals surface area contributed by atoms with Gasteiger partial charge in [0.15, 0.2) is 0 Å². The molecule has 2 rings (SSSR count). The molecular weight excluding hydrogens is 236 g/mol. The summed E-state index contributed by atoms with van der Waals surface area (Å²) in [6.45, 7) is 8.63. The monoisotopic (exact) mass is 260 g/mol. The molecule has 0 saturated heterocycles. The summed E-state index contributed by atoms with van der Waals surface area (Å²) in [4.78, 5) is 7.36. The van der Waals surface area contributed by atoms with Crippen molar-refractivity contribution in [1.82, 2.24) is 20.6 Å². The van der Waals surface area contributed by atoms with Crippen LogP contribution >= 0.6 is 0 Å². The van der Waals surface area contributed by atoms with E-state index in [0.717, 1.165) is 43.1 Å². The van der Waals surface area contributed by atoms with Crippen LogP contribution in [0.25, 0.3) is 11.0 Å². The molecule has 0 fully saturated rings. The lowest BCUT2D eigenvalue weighted by Crippen LogP contribution is -2.24. The van der Waals surface area contributed by atoms with E-state index in [1.165, 1.54) is 12.0 Å². The Balaban J connectivity index is 1.62. The first-order chi connectivity index (χ1) is 9.25. The van der Waals surface area contributed by atoms with Gasteiger partial charge >= 0.3 is 0 Å². The van der Waals surface area contributed by atoms with Crippen molar-refractivity contribution in [3.8, 4) is 0 Å². The van der Waals surface area contributed by atoms with Crippen molar-refractivity contribution in [2.45, 2.75) is 26.8 Å². The summed E-state index contributed by atoms with van der Waals surface area (Å²) in [6.07, 6.45) is 2.90. The maximum absolute atomic E-state index is 4.22. The first-order valence-electron chi connectivity index (χ1n) is 7.09. The molecule has 19 heavy (non-hydrogen) atoms. The Morgan fingerprint density at radius 1 is 1.21 bits per heavy atom. The standard InChI is InChI=1S/C15H24N4/c1-12(2)9-16-6-3-7-17-10-13-4-5-14-15(8-13)19-11-18-14/h4-5,8,11-12,16-17H,3,6-7,9-10H2,1-2H3,(H,18,19). The number of aromatic nitrogens is 2. The van der Waals surface area contributed by atoms with Crippen molar-refractivity contribution in [2.75, 3.05) is 19.6 Å². The molecule has 2 aromatic rings. The molecule has 0 bridgehead atoms. The molecule has 4 nitrogen and oxygen atoms in total. The van der Waals surface area contributed by atoms with E-state index in [4.69, 9.17) is 0 Å². The molecule has 3 N–H and O–H groups in total. The lowest BCUT2D eigenvalue weighted by Gasteiger charge is -2.08. The van der Waals surface area contributed by atoms with Gasteiger partial charge in [0.25, 0.3) is 0 Å². The first-order valence-corrected chi connectivity index (χ1v) is 7.09. The van der Waals surface area contributed by atoms with Crippen LogP contribution in [-0.4, -0.2) is 29.6 Å². The van der Waals surface area contributed by atoms with Crippen molar-refractivity contribution < 1.29 is 0 Å². The van der Waals surface area contributed by atoms with Crippen LogP contribution in [0.3, 0.4) is 0 Å². The third-order valence-corrected chi connectivity index (χ3v) is 3.07. The van der Waals surface area contributed by atoms with Gasteiger partial charge in [-0.05, 0) is 49.7 Å². The maximum Gasteiger partial charge on any atom is 0.0931 e. The summed E-state index contributed by atoms with van der Waals surface area (Å²) in [7, 11) is 0. The second-order valence-corrected chi connectivity index (χ2v) is 5.38. The predicted molar refractivity (Wildman–Crippen MR) is 80.1 cm³/mol. The number of hydrogen-bond acceptors (Lipinski definition) is 3. The molecule has 0 aliphatic heterocycles. The Morgan fingerprint density at radius 3 is 2.89 bits per heavy atom. The van der Waals surface area contributed by atoms with Crippen molar-refractivity contribution >= 4 is 11.0 Å². The van der Waals surface area contributed by atoms with Crippen LogP contribution in [0.15, 0.2) is 24.5 Å². The van der Waals surface area contributed by atoms with Gasteiger partial charge < -0.3 is 15.6 Å². The molecule has 0 spiro atoms. The van der Waals surface area contributed by atoms with Crippen LogP contribution < -0.4 is 10.6 Å². The fourth-order valence-electron chi connectivity index (χ4n) is 2.05. The highest BCUT2D eigenvalue weighted by atomic mass is 14.9. The Bertz CT molecular complexity index is 490. The second kappa shape index (κ2) is 7.26. The normalized spacial score (nSPS) is 11.5. The van der Waals surface area contributed by atoms with Crippen LogP contribution in [0.2, 0.25) is 0 Å². The van der Waals surface area contributed by atoms with Crippen molar-refractivity contribution in [3.63, 3.8) is 0 Å². The van der Waals surface area contributed by atoms with Crippen molar-refractivity contribution in [2.24, 2.45) is 5.92 Å². The van der Waals surface area contributed by atoms with Gasteiger partial charge in [-0.2, -0.15) is 0 Å². The van der Waals surface area contributed by atoms with E-state index < -0.39 is 0 Å². The molecule has 0 unspecified atom stereocenters. The van der Waals surface area contributed by atoms with Crippen molar-refractivity contribution in [1.29, 1.82) is 0 Å². The number of imidazole rings is 1. The van der Waals surface area contributed by atoms with E-state index in [1.54, 1.807) is 6.33 Å². The van der Waals surface area contributed by atoms with Crippen LogP contribution in [0, 0.1) is 5.92 Å². The molecule has 0 amide bonds. The van der Waals surface area contributed by atoms with Crippen molar-refractivity contribution in [3.05, 3.63) is 30.1 Å². The Morgan fingerprint density at radius 2 is 2.05 bits per heavy atom. The molecule has 0 radical (unpaired) electrons. The summed E-state index contributed by atoms with van der Waals surface area (Å²) < 4.78 is 0. The molecule has 0 atom stereocenters. The quantitative estimate of drug-likeness (QED) is 0.638. The van der Waals surface area contributed by atoms with Gasteiger partial charge in [-0.3, -0.25) is 0 Å². The van der Waals surface area contributed by atoms with Gasteiger partial charge in [-0.1, -0.05) is 19.9 Å². The molecular formula is C15H24N4. The molecule has 0 aliphatic rings. The molecule has 1 aromatic carbocycles. The number of benzene rings is 1. The zero-order valence-electron chi connectivity index (χ0n) is 11.9. The van der Waals surface area contributed by atoms with E-state index in [1.807, 2.05) is 0 Å². The summed E-state index contributed by atoms with van der Waals surface area (Å²) in [5.41, 5.74) is 3.44. The fourth-order valence-corrected chi connectivity index (χ4v) is 2.05. The smallest absolute Gasteiger partial charge is 0.0931 e. The van der Waals surface area contributed by atoms with Crippen LogP contribution in [0.4, 0.5) is 0 Å². The predicted octanol–water partition coefficient (Wildman–Crippen LogP) is 2.29. The van der Waals surface area contributed by atoms with Crippen LogP contribution in [0.5, 0.6) is 0 Å². The number of nitrogens with one attached hydrogen (secondary N) is 3. The SMILES string of the molecule is CC(C)CNCCCNCc1ccc2nc[nH]c2c1. The van der Waals surface area contributed by atoms with E-state index in [0.29, 0.717) is 0 Å². The zero-order chi connectivity index (χ0) is 13.5. The average molecular weight is 260 g/mol. The molecule has 104 valence electrons. The number of nitrogens with zero attached hydrogens (tertiary/aromatic N) is 1. The minimum atomic E-state index is 0.731. The van der Waals surface area contributed by atoms with E-state index >= 15 is 0 Å². The third kappa shape index (κ3) is 4.65. The molecule has 0 aliphatic carbocycles. The summed E-state index contributed by atoms with van der Waals surface area (Å²) in [5.74, 6) is 0.731. The van der Waals surface area contributed by atoms with Gasteiger partial charge in [0.2, 0.25) is 0 Å². The second-order valence-electron chi connectivity index (χ2n) is 5.38. The lowest BCUT2D eigenvalue weighted by molar-refractivity contribution is 0.530. The Kier molecular flexibility index (Phi) is 5.36. The number of rotatable bonds is 8. The number of aromatic amines is 1. The van der Waals surface area contributed by atoms with Gasteiger partial charge in [-0.25, -0.2) is 4.98 Å². The average Bonchev–Trinajstić information content (AvgIpc) is 2.84. The largest absolute Gasteiger partial charge is 0.345 e. The highest BCUT2D eigenvalue weighted by Gasteiger charge is 1.98. The summed E-state index contributed by atoms with van der Waals surface area (Å²) in [5, 5.41) is 6.92. The number of fused-ring (bicyclic) bond motifs is 1. The van der Waals surface area contributed by atoms with Crippen LogP contribution in [-0.2, 0) is 6.54 Å². The van der Waals surface area contributed by atoms with Gasteiger partial charge in [0, 0.05) is 6.54 Å². The summed E-state index contributed by atoms with van der Waals surface area (Å²) >= 11 is 0. The van der Waals surface area contributed by atoms with E-state index in [2.05, 4.69) is 52.6 Å². The van der Waals surface area contributed by atoms with Gasteiger partial charge in [0.1, 0.15) is 0 Å². The highest BCUT2D eigenvalue weighted by Crippen LogP contribution is 2.11. The minimum absolute atomic E-state index is 0.731.